The largest absolute Gasteiger partial charge is 0.366 e. The lowest BCUT2D eigenvalue weighted by Crippen LogP contribution is -2.11. The van der Waals surface area contributed by atoms with Crippen LogP contribution in [0.15, 0.2) is 18.2 Å². The van der Waals surface area contributed by atoms with E-state index in [4.69, 9.17) is 17.3 Å². The standard InChI is InChI=1S/C11H14ClNO/c1-7(2)5-8-3-4-9(11(13)14)6-10(8)12/h3-4,6-7H,5H2,1-2H3,(H2,13,14). The van der Waals surface area contributed by atoms with Gasteiger partial charge in [0.25, 0.3) is 0 Å². The molecular weight excluding hydrogens is 198 g/mol. The third-order valence-corrected chi connectivity index (χ3v) is 2.32. The van der Waals surface area contributed by atoms with Gasteiger partial charge in [0.2, 0.25) is 5.91 Å². The van der Waals surface area contributed by atoms with E-state index in [2.05, 4.69) is 13.8 Å². The Morgan fingerprint density at radius 1 is 1.50 bits per heavy atom. The van der Waals surface area contributed by atoms with Crippen molar-refractivity contribution >= 4 is 17.5 Å². The Morgan fingerprint density at radius 3 is 2.57 bits per heavy atom. The van der Waals surface area contributed by atoms with Crippen molar-refractivity contribution in [3.8, 4) is 0 Å². The van der Waals surface area contributed by atoms with Crippen LogP contribution in [0.3, 0.4) is 0 Å². The number of nitrogens with two attached hydrogens (primary N) is 1. The van der Waals surface area contributed by atoms with E-state index in [1.165, 1.54) is 0 Å². The average Bonchev–Trinajstić information content (AvgIpc) is 2.07. The third kappa shape index (κ3) is 2.74. The molecule has 76 valence electrons. The summed E-state index contributed by atoms with van der Waals surface area (Å²) >= 11 is 6.01. The first-order chi connectivity index (χ1) is 6.50. The first kappa shape index (κ1) is 11.1. The van der Waals surface area contributed by atoms with E-state index < -0.39 is 5.91 Å². The Labute approximate surface area is 89.1 Å². The summed E-state index contributed by atoms with van der Waals surface area (Å²) in [7, 11) is 0. The van der Waals surface area contributed by atoms with Crippen molar-refractivity contribution in [2.24, 2.45) is 11.7 Å². The molecule has 1 rings (SSSR count). The maximum absolute atomic E-state index is 10.9. The van der Waals surface area contributed by atoms with Crippen LogP contribution in [0.25, 0.3) is 0 Å². The lowest BCUT2D eigenvalue weighted by molar-refractivity contribution is 0.100. The van der Waals surface area contributed by atoms with Gasteiger partial charge >= 0.3 is 0 Å². The van der Waals surface area contributed by atoms with Crippen molar-refractivity contribution in [1.29, 1.82) is 0 Å². The lowest BCUT2D eigenvalue weighted by Gasteiger charge is -2.07. The molecule has 1 aromatic carbocycles. The first-order valence-corrected chi connectivity index (χ1v) is 4.96. The number of benzene rings is 1. The van der Waals surface area contributed by atoms with E-state index in [0.717, 1.165) is 12.0 Å². The molecule has 0 saturated carbocycles. The van der Waals surface area contributed by atoms with E-state index in [-0.39, 0.29) is 0 Å². The monoisotopic (exact) mass is 211 g/mol. The molecule has 0 radical (unpaired) electrons. The SMILES string of the molecule is CC(C)Cc1ccc(C(N)=O)cc1Cl. The van der Waals surface area contributed by atoms with Gasteiger partial charge in [0, 0.05) is 10.6 Å². The highest BCUT2D eigenvalue weighted by Crippen LogP contribution is 2.20. The fraction of sp³-hybridized carbons (Fsp3) is 0.364. The first-order valence-electron chi connectivity index (χ1n) is 4.59. The van der Waals surface area contributed by atoms with Crippen molar-refractivity contribution in [2.45, 2.75) is 20.3 Å². The van der Waals surface area contributed by atoms with E-state index in [9.17, 15) is 4.79 Å². The average molecular weight is 212 g/mol. The molecule has 3 heteroatoms. The Hall–Kier alpha value is -1.02. The number of halogens is 1. The molecule has 2 N–H and O–H groups in total. The fourth-order valence-electron chi connectivity index (χ4n) is 1.31. The molecular formula is C11H14ClNO. The van der Waals surface area contributed by atoms with Crippen molar-refractivity contribution in [2.75, 3.05) is 0 Å². The molecule has 0 bridgehead atoms. The Kier molecular flexibility index (Phi) is 3.53. The second kappa shape index (κ2) is 4.47. The molecule has 0 fully saturated rings. The maximum Gasteiger partial charge on any atom is 0.248 e. The van der Waals surface area contributed by atoms with Gasteiger partial charge in [-0.1, -0.05) is 31.5 Å². The van der Waals surface area contributed by atoms with Crippen LogP contribution in [-0.4, -0.2) is 5.91 Å². The van der Waals surface area contributed by atoms with Gasteiger partial charge in [-0.2, -0.15) is 0 Å². The zero-order chi connectivity index (χ0) is 10.7. The van der Waals surface area contributed by atoms with Gasteiger partial charge < -0.3 is 5.73 Å². The van der Waals surface area contributed by atoms with Crippen molar-refractivity contribution < 1.29 is 4.79 Å². The second-order valence-electron chi connectivity index (χ2n) is 3.77. The maximum atomic E-state index is 10.9. The summed E-state index contributed by atoms with van der Waals surface area (Å²) < 4.78 is 0. The summed E-state index contributed by atoms with van der Waals surface area (Å²) in [5, 5.41) is 0.620. The number of carbonyl (C=O) groups excluding carboxylic acids is 1. The van der Waals surface area contributed by atoms with Gasteiger partial charge in [0.1, 0.15) is 0 Å². The quantitative estimate of drug-likeness (QED) is 0.821. The second-order valence-corrected chi connectivity index (χ2v) is 4.18. The van der Waals surface area contributed by atoms with Gasteiger partial charge in [0.05, 0.1) is 0 Å². The highest BCUT2D eigenvalue weighted by Gasteiger charge is 2.06. The molecule has 0 atom stereocenters. The van der Waals surface area contributed by atoms with E-state index in [1.807, 2.05) is 6.07 Å². The lowest BCUT2D eigenvalue weighted by atomic mass is 10.0. The Bertz CT molecular complexity index is 347. The van der Waals surface area contributed by atoms with Gasteiger partial charge in [-0.05, 0) is 30.0 Å². The molecule has 2 nitrogen and oxygen atoms in total. The van der Waals surface area contributed by atoms with Crippen LogP contribution >= 0.6 is 11.6 Å². The number of carbonyl (C=O) groups is 1. The van der Waals surface area contributed by atoms with E-state index in [0.29, 0.717) is 16.5 Å². The number of amides is 1. The highest BCUT2D eigenvalue weighted by atomic mass is 35.5. The predicted molar refractivity (Wildman–Crippen MR) is 58.5 cm³/mol. The summed E-state index contributed by atoms with van der Waals surface area (Å²) in [6.45, 7) is 4.25. The molecule has 0 saturated heterocycles. The van der Waals surface area contributed by atoms with Gasteiger partial charge in [-0.3, -0.25) is 4.79 Å². The van der Waals surface area contributed by atoms with Crippen LogP contribution in [0, 0.1) is 5.92 Å². The van der Waals surface area contributed by atoms with Crippen LogP contribution in [0.4, 0.5) is 0 Å². The summed E-state index contributed by atoms with van der Waals surface area (Å²) in [6.07, 6.45) is 0.915. The molecule has 1 amide bonds. The van der Waals surface area contributed by atoms with Crippen LogP contribution in [0.1, 0.15) is 29.8 Å². The molecule has 0 heterocycles. The van der Waals surface area contributed by atoms with Crippen molar-refractivity contribution in [1.82, 2.24) is 0 Å². The predicted octanol–water partition coefficient (Wildman–Crippen LogP) is 2.64. The minimum Gasteiger partial charge on any atom is -0.366 e. The summed E-state index contributed by atoms with van der Waals surface area (Å²) in [5.41, 5.74) is 6.66. The zero-order valence-corrected chi connectivity index (χ0v) is 9.14. The minimum absolute atomic E-state index is 0.442. The molecule has 0 aliphatic rings. The number of hydrogen-bond acceptors (Lipinski definition) is 1. The van der Waals surface area contributed by atoms with E-state index in [1.54, 1.807) is 12.1 Å². The molecule has 0 aliphatic carbocycles. The normalized spacial score (nSPS) is 10.6. The number of rotatable bonds is 3. The van der Waals surface area contributed by atoms with Crippen molar-refractivity contribution in [3.63, 3.8) is 0 Å². The van der Waals surface area contributed by atoms with E-state index >= 15 is 0 Å². The summed E-state index contributed by atoms with van der Waals surface area (Å²) in [5.74, 6) is 0.106. The van der Waals surface area contributed by atoms with Gasteiger partial charge in [-0.25, -0.2) is 0 Å². The fourth-order valence-corrected chi connectivity index (χ4v) is 1.56. The summed E-state index contributed by atoms with van der Waals surface area (Å²) in [4.78, 5) is 10.9. The Balaban J connectivity index is 2.95. The van der Waals surface area contributed by atoms with Crippen molar-refractivity contribution in [3.05, 3.63) is 34.3 Å². The van der Waals surface area contributed by atoms with Gasteiger partial charge in [-0.15, -0.1) is 0 Å². The molecule has 0 spiro atoms. The smallest absolute Gasteiger partial charge is 0.248 e. The summed E-state index contributed by atoms with van der Waals surface area (Å²) in [6, 6.07) is 5.20. The van der Waals surface area contributed by atoms with Crippen LogP contribution in [0.5, 0.6) is 0 Å². The van der Waals surface area contributed by atoms with Gasteiger partial charge in [0.15, 0.2) is 0 Å². The van der Waals surface area contributed by atoms with Crippen LogP contribution in [-0.2, 0) is 6.42 Å². The zero-order valence-electron chi connectivity index (χ0n) is 8.38. The molecule has 0 aromatic heterocycles. The highest BCUT2D eigenvalue weighted by molar-refractivity contribution is 6.31. The minimum atomic E-state index is -0.442. The molecule has 0 aliphatic heterocycles. The molecule has 0 unspecified atom stereocenters. The number of primary amides is 1. The Morgan fingerprint density at radius 2 is 2.14 bits per heavy atom. The van der Waals surface area contributed by atoms with Crippen LogP contribution in [0.2, 0.25) is 5.02 Å². The number of hydrogen-bond donors (Lipinski definition) is 1. The molecule has 1 aromatic rings. The third-order valence-electron chi connectivity index (χ3n) is 1.97. The molecule has 14 heavy (non-hydrogen) atoms. The topological polar surface area (TPSA) is 43.1 Å². The van der Waals surface area contributed by atoms with Crippen LogP contribution < -0.4 is 5.73 Å².